The first kappa shape index (κ1) is 15.1. The molecule has 0 saturated carbocycles. The van der Waals surface area contributed by atoms with Gasteiger partial charge in [0.05, 0.1) is 13.2 Å². The van der Waals surface area contributed by atoms with E-state index in [2.05, 4.69) is 21.2 Å². The first-order valence-corrected chi connectivity index (χ1v) is 7.86. The molecule has 0 aromatic heterocycles. The van der Waals surface area contributed by atoms with Crippen molar-refractivity contribution in [3.63, 3.8) is 0 Å². The predicted molar refractivity (Wildman–Crippen MR) is 86.9 cm³/mol. The van der Waals surface area contributed by atoms with Crippen molar-refractivity contribution in [3.05, 3.63) is 64.1 Å². The fourth-order valence-corrected chi connectivity index (χ4v) is 2.98. The number of benzene rings is 2. The zero-order valence-corrected chi connectivity index (χ0v) is 13.5. The van der Waals surface area contributed by atoms with Crippen LogP contribution < -0.4 is 10.1 Å². The van der Waals surface area contributed by atoms with Crippen LogP contribution in [0, 0.1) is 0 Å². The highest BCUT2D eigenvalue weighted by Gasteiger charge is 2.35. The van der Waals surface area contributed by atoms with Gasteiger partial charge in [-0.05, 0) is 24.3 Å². The lowest BCUT2D eigenvalue weighted by Crippen LogP contribution is -2.43. The van der Waals surface area contributed by atoms with Gasteiger partial charge in [-0.2, -0.15) is 0 Å². The van der Waals surface area contributed by atoms with Gasteiger partial charge in [0.15, 0.2) is 0 Å². The predicted octanol–water partition coefficient (Wildman–Crippen LogP) is 2.85. The Morgan fingerprint density at radius 3 is 2.91 bits per heavy atom. The van der Waals surface area contributed by atoms with Gasteiger partial charge >= 0.3 is 0 Å². The van der Waals surface area contributed by atoms with Crippen LogP contribution in [0.5, 0.6) is 5.75 Å². The van der Waals surface area contributed by atoms with Gasteiger partial charge in [-0.1, -0.05) is 40.2 Å². The number of fused-ring (bicyclic) bond motifs is 1. The number of ether oxygens (including phenoxy) is 1. The van der Waals surface area contributed by atoms with Gasteiger partial charge < -0.3 is 15.2 Å². The molecule has 0 saturated heterocycles. The number of aliphatic hydroxyl groups is 1. The highest BCUT2D eigenvalue weighted by molar-refractivity contribution is 9.10. The molecule has 22 heavy (non-hydrogen) atoms. The molecule has 5 heteroatoms. The number of amides is 1. The van der Waals surface area contributed by atoms with Crippen LogP contribution in [0.2, 0.25) is 0 Å². The molecule has 2 aromatic carbocycles. The van der Waals surface area contributed by atoms with Crippen LogP contribution >= 0.6 is 15.9 Å². The molecule has 0 aliphatic carbocycles. The zero-order valence-electron chi connectivity index (χ0n) is 11.9. The van der Waals surface area contributed by atoms with E-state index in [4.69, 9.17) is 4.74 Å². The minimum atomic E-state index is -1.10. The summed E-state index contributed by atoms with van der Waals surface area (Å²) >= 11 is 3.34. The number of carbonyl (C=O) groups is 1. The highest BCUT2D eigenvalue weighted by atomic mass is 79.9. The van der Waals surface area contributed by atoms with Gasteiger partial charge in [0, 0.05) is 22.0 Å². The van der Waals surface area contributed by atoms with E-state index in [0.29, 0.717) is 24.3 Å². The third-order valence-electron chi connectivity index (χ3n) is 3.79. The molecule has 2 aromatic rings. The van der Waals surface area contributed by atoms with E-state index in [0.717, 1.165) is 10.0 Å². The number of para-hydroxylation sites is 1. The summed E-state index contributed by atoms with van der Waals surface area (Å²) in [7, 11) is 0. The molecule has 1 atom stereocenters. The SMILES string of the molecule is O=C(NC[C@@]1(O)CCOc2ccccc21)c1cccc(Br)c1. The van der Waals surface area contributed by atoms with Crippen molar-refractivity contribution in [2.75, 3.05) is 13.2 Å². The first-order valence-electron chi connectivity index (χ1n) is 7.07. The summed E-state index contributed by atoms with van der Waals surface area (Å²) in [5.74, 6) is 0.464. The molecule has 0 fully saturated rings. The van der Waals surface area contributed by atoms with E-state index in [1.165, 1.54) is 0 Å². The second-order valence-corrected chi connectivity index (χ2v) is 6.23. The van der Waals surface area contributed by atoms with E-state index in [9.17, 15) is 9.90 Å². The Morgan fingerprint density at radius 1 is 1.27 bits per heavy atom. The maximum Gasteiger partial charge on any atom is 0.251 e. The Labute approximate surface area is 137 Å². The lowest BCUT2D eigenvalue weighted by atomic mass is 9.88. The molecule has 1 heterocycles. The van der Waals surface area contributed by atoms with Crippen LogP contribution in [0.25, 0.3) is 0 Å². The van der Waals surface area contributed by atoms with Crippen molar-refractivity contribution in [1.29, 1.82) is 0 Å². The van der Waals surface area contributed by atoms with Crippen LogP contribution in [0.1, 0.15) is 22.3 Å². The summed E-state index contributed by atoms with van der Waals surface area (Å²) in [6.45, 7) is 0.582. The van der Waals surface area contributed by atoms with Crippen LogP contribution in [0.3, 0.4) is 0 Å². The molecule has 1 aliphatic heterocycles. The van der Waals surface area contributed by atoms with Gasteiger partial charge in [-0.15, -0.1) is 0 Å². The van der Waals surface area contributed by atoms with Gasteiger partial charge in [0.25, 0.3) is 5.91 Å². The Kier molecular flexibility index (Phi) is 4.18. The second-order valence-electron chi connectivity index (χ2n) is 5.32. The Balaban J connectivity index is 1.75. The number of halogens is 1. The lowest BCUT2D eigenvalue weighted by molar-refractivity contribution is -0.00160. The van der Waals surface area contributed by atoms with Gasteiger partial charge in [0.2, 0.25) is 0 Å². The molecule has 0 radical (unpaired) electrons. The van der Waals surface area contributed by atoms with Crippen molar-refractivity contribution in [1.82, 2.24) is 5.32 Å². The average Bonchev–Trinajstić information content (AvgIpc) is 2.53. The molecule has 1 aliphatic rings. The molecule has 3 rings (SSSR count). The van der Waals surface area contributed by atoms with E-state index in [1.807, 2.05) is 30.3 Å². The molecule has 0 bridgehead atoms. The number of nitrogens with one attached hydrogen (secondary N) is 1. The topological polar surface area (TPSA) is 58.6 Å². The number of rotatable bonds is 3. The summed E-state index contributed by atoms with van der Waals surface area (Å²) in [4.78, 5) is 12.2. The summed E-state index contributed by atoms with van der Waals surface area (Å²) < 4.78 is 6.39. The number of hydrogen-bond donors (Lipinski definition) is 2. The van der Waals surface area contributed by atoms with Crippen molar-refractivity contribution >= 4 is 21.8 Å². The molecule has 1 amide bonds. The third kappa shape index (κ3) is 3.00. The normalized spacial score (nSPS) is 19.9. The van der Waals surface area contributed by atoms with Crippen molar-refractivity contribution in [2.24, 2.45) is 0 Å². The monoisotopic (exact) mass is 361 g/mol. The van der Waals surface area contributed by atoms with Crippen LogP contribution in [-0.4, -0.2) is 24.2 Å². The van der Waals surface area contributed by atoms with E-state index >= 15 is 0 Å². The maximum atomic E-state index is 12.2. The minimum absolute atomic E-state index is 0.152. The van der Waals surface area contributed by atoms with Gasteiger partial charge in [0.1, 0.15) is 11.4 Å². The quantitative estimate of drug-likeness (QED) is 0.883. The summed E-state index contributed by atoms with van der Waals surface area (Å²) in [6, 6.07) is 14.5. The fraction of sp³-hybridized carbons (Fsp3) is 0.235. The lowest BCUT2D eigenvalue weighted by Gasteiger charge is -2.34. The molecule has 2 N–H and O–H groups in total. The van der Waals surface area contributed by atoms with Gasteiger partial charge in [-0.25, -0.2) is 0 Å². The Bertz CT molecular complexity index is 704. The molecule has 0 unspecified atom stereocenters. The van der Waals surface area contributed by atoms with Crippen molar-refractivity contribution < 1.29 is 14.6 Å². The van der Waals surface area contributed by atoms with E-state index < -0.39 is 5.60 Å². The molecular formula is C17H16BrNO3. The maximum absolute atomic E-state index is 12.2. The molecular weight excluding hydrogens is 346 g/mol. The van der Waals surface area contributed by atoms with Crippen molar-refractivity contribution in [3.8, 4) is 5.75 Å². The molecule has 4 nitrogen and oxygen atoms in total. The standard InChI is InChI=1S/C17H16BrNO3/c18-13-5-3-4-12(10-13)16(20)19-11-17(21)8-9-22-15-7-2-1-6-14(15)17/h1-7,10,21H,8-9,11H2,(H,19,20)/t17-/m0/s1. The minimum Gasteiger partial charge on any atom is -0.493 e. The number of carbonyl (C=O) groups excluding carboxylic acids is 1. The molecule has 114 valence electrons. The van der Waals surface area contributed by atoms with E-state index in [1.54, 1.807) is 18.2 Å². The molecule has 0 spiro atoms. The van der Waals surface area contributed by atoms with Gasteiger partial charge in [-0.3, -0.25) is 4.79 Å². The summed E-state index contributed by atoms with van der Waals surface area (Å²) in [5.41, 5.74) is 0.172. The van der Waals surface area contributed by atoms with Crippen molar-refractivity contribution in [2.45, 2.75) is 12.0 Å². The Morgan fingerprint density at radius 2 is 2.09 bits per heavy atom. The number of hydrogen-bond acceptors (Lipinski definition) is 3. The Hall–Kier alpha value is -1.85. The first-order chi connectivity index (χ1) is 10.6. The van der Waals surface area contributed by atoms with Crippen LogP contribution in [0.4, 0.5) is 0 Å². The second kappa shape index (κ2) is 6.10. The summed E-state index contributed by atoms with van der Waals surface area (Å²) in [6.07, 6.45) is 0.447. The van der Waals surface area contributed by atoms with Crippen LogP contribution in [-0.2, 0) is 5.60 Å². The van der Waals surface area contributed by atoms with E-state index in [-0.39, 0.29) is 12.5 Å². The largest absolute Gasteiger partial charge is 0.493 e. The smallest absolute Gasteiger partial charge is 0.251 e. The fourth-order valence-electron chi connectivity index (χ4n) is 2.58. The zero-order chi connectivity index (χ0) is 15.6. The van der Waals surface area contributed by atoms with Crippen LogP contribution in [0.15, 0.2) is 53.0 Å². The average molecular weight is 362 g/mol. The third-order valence-corrected chi connectivity index (χ3v) is 4.28. The highest BCUT2D eigenvalue weighted by Crippen LogP contribution is 2.36. The summed E-state index contributed by atoms with van der Waals surface area (Å²) in [5, 5.41) is 13.7.